The Bertz CT molecular complexity index is 1520. The molecule has 0 radical (unpaired) electrons. The minimum atomic E-state index is -6.78. The molecule has 3 aromatic rings. The van der Waals surface area contributed by atoms with E-state index in [1.165, 1.54) is 18.2 Å². The van der Waals surface area contributed by atoms with E-state index < -0.39 is 71.5 Å². The van der Waals surface area contributed by atoms with Crippen molar-refractivity contribution in [1.29, 1.82) is 0 Å². The maximum atomic E-state index is 14.6. The first-order chi connectivity index (χ1) is 17.1. The summed E-state index contributed by atoms with van der Waals surface area (Å²) in [6.45, 7) is 0. The average Bonchev–Trinajstić information content (AvgIpc) is 2.77. The van der Waals surface area contributed by atoms with E-state index in [-0.39, 0.29) is 11.6 Å². The Morgan fingerprint density at radius 3 is 2.00 bits per heavy atom. The van der Waals surface area contributed by atoms with Crippen molar-refractivity contribution >= 4 is 48.3 Å². The Hall–Kier alpha value is -3.15. The zero-order chi connectivity index (χ0) is 29.1. The molecule has 1 aromatic heterocycles. The van der Waals surface area contributed by atoms with Gasteiger partial charge >= 0.3 is 23.5 Å². The van der Waals surface area contributed by atoms with Crippen LogP contribution in [0.25, 0.3) is 10.9 Å². The van der Waals surface area contributed by atoms with Gasteiger partial charge in [-0.15, -0.1) is 0 Å². The van der Waals surface area contributed by atoms with E-state index in [1.807, 2.05) is 0 Å². The highest BCUT2D eigenvalue weighted by Gasteiger charge is 2.73. The number of alkyl halides is 10. The highest BCUT2D eigenvalue weighted by Crippen LogP contribution is 2.55. The summed E-state index contributed by atoms with van der Waals surface area (Å²) < 4.78 is 157. The molecule has 0 saturated heterocycles. The first-order valence-corrected chi connectivity index (χ1v) is 11.8. The van der Waals surface area contributed by atoms with Gasteiger partial charge in [-0.05, 0) is 46.3 Å². The standard InChI is InChI=1S/C20H9BrF10N2O4S/c21-12-7-11(17(22,18(23,24)25)19(26,27)28)8-14(38(36,37)20(29,30)31)15(12)32-16(34)10-4-3-9-2-1-5-33(35)13(9)6-10/h1-8H,(H,32,34). The molecule has 0 fully saturated rings. The molecular weight excluding hydrogens is 634 g/mol. The summed E-state index contributed by atoms with van der Waals surface area (Å²) in [5.74, 6) is -1.42. The predicted molar refractivity (Wildman–Crippen MR) is 113 cm³/mol. The number of halogens is 11. The summed E-state index contributed by atoms with van der Waals surface area (Å²) in [5.41, 5.74) is -17.2. The van der Waals surface area contributed by atoms with Crippen molar-refractivity contribution in [3.63, 3.8) is 0 Å². The van der Waals surface area contributed by atoms with Crippen molar-refractivity contribution in [3.8, 4) is 0 Å². The second kappa shape index (κ2) is 9.25. The summed E-state index contributed by atoms with van der Waals surface area (Å²) in [6, 6.07) is 4.89. The number of sulfone groups is 1. The maximum absolute atomic E-state index is 14.6. The second-order valence-electron chi connectivity index (χ2n) is 7.50. The summed E-state index contributed by atoms with van der Waals surface area (Å²) in [5, 5.41) is 13.9. The molecule has 0 spiro atoms. The molecule has 2 aromatic carbocycles. The van der Waals surface area contributed by atoms with Crippen molar-refractivity contribution < 1.29 is 61.8 Å². The molecule has 6 nitrogen and oxygen atoms in total. The topological polar surface area (TPSA) is 90.2 Å². The van der Waals surface area contributed by atoms with Gasteiger partial charge in [0.05, 0.1) is 5.69 Å². The van der Waals surface area contributed by atoms with Crippen LogP contribution in [0.4, 0.5) is 49.6 Å². The van der Waals surface area contributed by atoms with Gasteiger partial charge in [0, 0.05) is 33.1 Å². The third-order valence-corrected chi connectivity index (χ3v) is 7.23. The predicted octanol–water partition coefficient (Wildman–Crippen LogP) is 6.07. The molecule has 0 atom stereocenters. The molecule has 38 heavy (non-hydrogen) atoms. The van der Waals surface area contributed by atoms with Gasteiger partial charge < -0.3 is 10.5 Å². The zero-order valence-electron chi connectivity index (χ0n) is 17.8. The Kier molecular flexibility index (Phi) is 7.16. The first kappa shape index (κ1) is 29.4. The highest BCUT2D eigenvalue weighted by molar-refractivity contribution is 9.10. The molecule has 3 rings (SSSR count). The highest BCUT2D eigenvalue weighted by atomic mass is 79.9. The lowest BCUT2D eigenvalue weighted by atomic mass is 9.94. The summed E-state index contributed by atoms with van der Waals surface area (Å²) in [7, 11) is -6.77. The average molecular weight is 643 g/mol. The van der Waals surface area contributed by atoms with E-state index in [0.29, 0.717) is 10.1 Å². The van der Waals surface area contributed by atoms with Crippen LogP contribution in [-0.4, -0.2) is 32.2 Å². The van der Waals surface area contributed by atoms with E-state index >= 15 is 0 Å². The molecule has 0 saturated carbocycles. The van der Waals surface area contributed by atoms with Gasteiger partial charge in [0.15, 0.2) is 6.20 Å². The number of anilines is 1. The lowest BCUT2D eigenvalue weighted by molar-refractivity contribution is -0.577. The Morgan fingerprint density at radius 2 is 1.47 bits per heavy atom. The summed E-state index contributed by atoms with van der Waals surface area (Å²) >= 11 is 2.33. The van der Waals surface area contributed by atoms with Crippen LogP contribution in [0.1, 0.15) is 15.9 Å². The third-order valence-electron chi connectivity index (χ3n) is 5.09. The lowest BCUT2D eigenvalue weighted by Gasteiger charge is -2.31. The van der Waals surface area contributed by atoms with Crippen molar-refractivity contribution in [3.05, 3.63) is 69.5 Å². The molecule has 18 heteroatoms. The van der Waals surface area contributed by atoms with Gasteiger partial charge in [-0.25, -0.2) is 12.8 Å². The molecule has 0 aliphatic carbocycles. The van der Waals surface area contributed by atoms with Crippen LogP contribution in [0.5, 0.6) is 0 Å². The van der Waals surface area contributed by atoms with E-state index in [4.69, 9.17) is 0 Å². The Balaban J connectivity index is 2.27. The number of carbonyl (C=O) groups is 1. The number of carbonyl (C=O) groups excluding carboxylic acids is 1. The van der Waals surface area contributed by atoms with Crippen molar-refractivity contribution in [2.75, 3.05) is 5.32 Å². The van der Waals surface area contributed by atoms with E-state index in [0.717, 1.165) is 18.3 Å². The Morgan fingerprint density at radius 1 is 0.895 bits per heavy atom. The number of pyridine rings is 1. The van der Waals surface area contributed by atoms with Crippen molar-refractivity contribution in [2.45, 2.75) is 28.4 Å². The number of hydrogen-bond acceptors (Lipinski definition) is 4. The van der Waals surface area contributed by atoms with Gasteiger partial charge in [-0.2, -0.15) is 44.2 Å². The number of amides is 1. The number of nitrogens with one attached hydrogen (secondary N) is 1. The van der Waals surface area contributed by atoms with E-state index in [9.17, 15) is 62.3 Å². The largest absolute Gasteiger partial charge is 0.618 e. The van der Waals surface area contributed by atoms with Crippen LogP contribution in [0.15, 0.2) is 58.0 Å². The maximum Gasteiger partial charge on any atom is 0.501 e. The fraction of sp³-hybridized carbons (Fsp3) is 0.200. The van der Waals surface area contributed by atoms with Gasteiger partial charge in [-0.3, -0.25) is 4.79 Å². The SMILES string of the molecule is O=C(Nc1c(Br)cc(C(F)(C(F)(F)F)C(F)(F)F)cc1S(=O)(=O)C(F)(F)F)c1ccc2ccc[n+]([O-])c2c1. The second-order valence-corrected chi connectivity index (χ2v) is 10.3. The molecule has 1 heterocycles. The molecular formula is C20H9BrF10N2O4S. The Labute approximate surface area is 213 Å². The van der Waals surface area contributed by atoms with Gasteiger partial charge in [0.2, 0.25) is 5.52 Å². The zero-order valence-corrected chi connectivity index (χ0v) is 20.2. The molecule has 0 bridgehead atoms. The molecule has 206 valence electrons. The molecule has 0 unspecified atom stereocenters. The fourth-order valence-corrected chi connectivity index (χ4v) is 4.89. The third kappa shape index (κ3) is 4.85. The van der Waals surface area contributed by atoms with Crippen molar-refractivity contribution in [2.24, 2.45) is 0 Å². The van der Waals surface area contributed by atoms with Gasteiger partial charge in [0.1, 0.15) is 4.90 Å². The van der Waals surface area contributed by atoms with Gasteiger partial charge in [0.25, 0.3) is 15.7 Å². The lowest BCUT2D eigenvalue weighted by Crippen LogP contribution is -2.50. The van der Waals surface area contributed by atoms with Crippen LogP contribution >= 0.6 is 15.9 Å². The number of rotatable bonds is 4. The van der Waals surface area contributed by atoms with E-state index in [1.54, 1.807) is 5.32 Å². The molecule has 0 aliphatic heterocycles. The minimum absolute atomic E-state index is 0.129. The summed E-state index contributed by atoms with van der Waals surface area (Å²) in [6.07, 6.45) is -12.5. The van der Waals surface area contributed by atoms with Crippen LogP contribution < -0.4 is 10.0 Å². The van der Waals surface area contributed by atoms with Gasteiger partial charge in [-0.1, -0.05) is 0 Å². The number of benzene rings is 2. The summed E-state index contributed by atoms with van der Waals surface area (Å²) in [4.78, 5) is 10.4. The van der Waals surface area contributed by atoms with Crippen LogP contribution in [0, 0.1) is 5.21 Å². The molecule has 0 aliphatic rings. The first-order valence-electron chi connectivity index (χ1n) is 9.54. The molecule has 1 N–H and O–H groups in total. The smallest absolute Gasteiger partial charge is 0.501 e. The van der Waals surface area contributed by atoms with Crippen LogP contribution in [0.2, 0.25) is 0 Å². The normalized spacial score (nSPS) is 13.6. The minimum Gasteiger partial charge on any atom is -0.618 e. The number of fused-ring (bicyclic) bond motifs is 1. The van der Waals surface area contributed by atoms with E-state index in [2.05, 4.69) is 15.9 Å². The van der Waals surface area contributed by atoms with Crippen LogP contribution in [0.3, 0.4) is 0 Å². The molecule has 1 amide bonds. The fourth-order valence-electron chi connectivity index (χ4n) is 3.23. The number of nitrogens with zero attached hydrogens (tertiary/aromatic N) is 1. The number of aromatic nitrogens is 1. The van der Waals surface area contributed by atoms with Crippen LogP contribution in [-0.2, 0) is 15.5 Å². The monoisotopic (exact) mass is 642 g/mol. The van der Waals surface area contributed by atoms with Crippen molar-refractivity contribution in [1.82, 2.24) is 0 Å². The quantitative estimate of drug-likeness (QED) is 0.213. The number of hydrogen-bond donors (Lipinski definition) is 1.